The Morgan fingerprint density at radius 2 is 2.08 bits per heavy atom. The van der Waals surface area contributed by atoms with Crippen LogP contribution in [0.1, 0.15) is 24.0 Å². The van der Waals surface area contributed by atoms with E-state index in [2.05, 4.69) is 40.5 Å². The molecule has 5 nitrogen and oxygen atoms in total. The molecule has 1 aromatic heterocycles. The third-order valence-electron chi connectivity index (χ3n) is 4.51. The zero-order valence-electron chi connectivity index (χ0n) is 14.3. The number of rotatable bonds is 6. The van der Waals surface area contributed by atoms with Crippen LogP contribution in [0.2, 0.25) is 0 Å². The van der Waals surface area contributed by atoms with E-state index < -0.39 is 5.97 Å². The number of carboxylic acid groups (broad SMARTS) is 1. The van der Waals surface area contributed by atoms with Gasteiger partial charge in [-0.1, -0.05) is 18.2 Å². The molecule has 7 heteroatoms. The van der Waals surface area contributed by atoms with Crippen LogP contribution in [0, 0.1) is 5.92 Å². The highest BCUT2D eigenvalue weighted by atomic mass is 35.5. The molecule has 1 aliphatic heterocycles. The van der Waals surface area contributed by atoms with Crippen molar-refractivity contribution >= 4 is 36.5 Å². The number of carbonyl (C=O) groups is 1. The number of anilines is 1. The number of para-hydroxylation sites is 1. The van der Waals surface area contributed by atoms with Crippen LogP contribution in [-0.4, -0.2) is 33.9 Å². The van der Waals surface area contributed by atoms with Crippen molar-refractivity contribution in [2.45, 2.75) is 25.7 Å². The summed E-state index contributed by atoms with van der Waals surface area (Å²) in [5.41, 5.74) is 3.86. The smallest absolute Gasteiger partial charge is 0.303 e. The van der Waals surface area contributed by atoms with Crippen LogP contribution in [0.25, 0.3) is 0 Å². The first-order valence-electron chi connectivity index (χ1n) is 8.14. The Morgan fingerprint density at radius 3 is 2.76 bits per heavy atom. The summed E-state index contributed by atoms with van der Waals surface area (Å²) in [4.78, 5) is 13.3. The fourth-order valence-electron chi connectivity index (χ4n) is 3.38. The van der Waals surface area contributed by atoms with Gasteiger partial charge in [-0.3, -0.25) is 9.48 Å². The van der Waals surface area contributed by atoms with Crippen molar-refractivity contribution < 1.29 is 9.90 Å². The van der Waals surface area contributed by atoms with Gasteiger partial charge in [-0.15, -0.1) is 24.8 Å². The van der Waals surface area contributed by atoms with E-state index >= 15 is 0 Å². The molecule has 2 aromatic rings. The van der Waals surface area contributed by atoms with Gasteiger partial charge in [0.15, 0.2) is 0 Å². The first-order chi connectivity index (χ1) is 11.1. The SMILES string of the molecule is Cl.Cl.Cn1cc(CCN2CC(CCC(=O)O)Cc3ccccc32)cn1. The molecule has 138 valence electrons. The van der Waals surface area contributed by atoms with Crippen molar-refractivity contribution in [3.8, 4) is 0 Å². The Hall–Kier alpha value is -1.72. The van der Waals surface area contributed by atoms with Gasteiger partial charge in [0.1, 0.15) is 0 Å². The number of benzene rings is 1. The van der Waals surface area contributed by atoms with Gasteiger partial charge in [0.2, 0.25) is 0 Å². The van der Waals surface area contributed by atoms with E-state index in [1.54, 1.807) is 0 Å². The summed E-state index contributed by atoms with van der Waals surface area (Å²) in [6.45, 7) is 1.87. The van der Waals surface area contributed by atoms with Gasteiger partial charge >= 0.3 is 5.97 Å². The molecular formula is C18H25Cl2N3O2. The van der Waals surface area contributed by atoms with Gasteiger partial charge in [0.25, 0.3) is 0 Å². The first-order valence-corrected chi connectivity index (χ1v) is 8.14. The molecule has 0 saturated carbocycles. The van der Waals surface area contributed by atoms with E-state index in [1.165, 1.54) is 16.8 Å². The van der Waals surface area contributed by atoms with Crippen molar-refractivity contribution in [3.05, 3.63) is 47.8 Å². The first kappa shape index (κ1) is 21.3. The molecule has 3 rings (SSSR count). The van der Waals surface area contributed by atoms with Gasteiger partial charge in [0.05, 0.1) is 6.20 Å². The lowest BCUT2D eigenvalue weighted by atomic mass is 9.89. The predicted octanol–water partition coefficient (Wildman–Crippen LogP) is 3.35. The Balaban J connectivity index is 0.00000156. The normalized spacial score (nSPS) is 15.7. The molecule has 0 bridgehead atoms. The number of halogens is 2. The molecule has 0 aliphatic carbocycles. The summed E-state index contributed by atoms with van der Waals surface area (Å²) in [5.74, 6) is -0.291. The highest BCUT2D eigenvalue weighted by Crippen LogP contribution is 2.31. The van der Waals surface area contributed by atoms with Crippen LogP contribution in [-0.2, 0) is 24.7 Å². The Labute approximate surface area is 160 Å². The van der Waals surface area contributed by atoms with Crippen molar-refractivity contribution in [2.24, 2.45) is 13.0 Å². The minimum Gasteiger partial charge on any atom is -0.481 e. The van der Waals surface area contributed by atoms with Gasteiger partial charge in [0, 0.05) is 38.4 Å². The van der Waals surface area contributed by atoms with E-state index in [9.17, 15) is 4.79 Å². The highest BCUT2D eigenvalue weighted by Gasteiger charge is 2.24. The second-order valence-corrected chi connectivity index (χ2v) is 6.35. The fourth-order valence-corrected chi connectivity index (χ4v) is 3.38. The van der Waals surface area contributed by atoms with Crippen molar-refractivity contribution in [1.29, 1.82) is 0 Å². The molecule has 0 amide bonds. The molecule has 1 unspecified atom stereocenters. The van der Waals surface area contributed by atoms with Gasteiger partial charge in [-0.05, 0) is 42.4 Å². The fraction of sp³-hybridized carbons (Fsp3) is 0.444. The van der Waals surface area contributed by atoms with E-state index in [4.69, 9.17) is 5.11 Å². The summed E-state index contributed by atoms with van der Waals surface area (Å²) >= 11 is 0. The lowest BCUT2D eigenvalue weighted by Crippen LogP contribution is -2.37. The molecule has 1 atom stereocenters. The average Bonchev–Trinajstić information content (AvgIpc) is 2.96. The number of fused-ring (bicyclic) bond motifs is 1. The summed E-state index contributed by atoms with van der Waals surface area (Å²) in [5, 5.41) is 13.2. The lowest BCUT2D eigenvalue weighted by molar-refractivity contribution is -0.137. The minimum absolute atomic E-state index is 0. The molecule has 1 N–H and O–H groups in total. The van der Waals surface area contributed by atoms with Crippen LogP contribution in [0.5, 0.6) is 0 Å². The van der Waals surface area contributed by atoms with Crippen molar-refractivity contribution in [1.82, 2.24) is 9.78 Å². The molecule has 2 heterocycles. The number of carboxylic acids is 1. The summed E-state index contributed by atoms with van der Waals surface area (Å²) < 4.78 is 1.83. The van der Waals surface area contributed by atoms with Gasteiger partial charge in [-0.25, -0.2) is 0 Å². The molecule has 0 saturated heterocycles. The summed E-state index contributed by atoms with van der Waals surface area (Å²) in [7, 11) is 1.93. The number of aryl methyl sites for hydroxylation is 1. The molecule has 0 fully saturated rings. The van der Waals surface area contributed by atoms with Gasteiger partial charge < -0.3 is 10.0 Å². The second kappa shape index (κ2) is 9.68. The number of nitrogens with zero attached hydrogens (tertiary/aromatic N) is 3. The standard InChI is InChI=1S/C18H23N3O2.2ClH/c1-20-12-15(11-19-20)8-9-21-13-14(6-7-18(22)23)10-16-4-2-3-5-17(16)21;;/h2-5,11-12,14H,6-10,13H2,1H3,(H,22,23);2*1H. The largest absolute Gasteiger partial charge is 0.481 e. The monoisotopic (exact) mass is 385 g/mol. The molecule has 1 aromatic carbocycles. The molecular weight excluding hydrogens is 361 g/mol. The molecule has 0 spiro atoms. The topological polar surface area (TPSA) is 58.4 Å². The maximum Gasteiger partial charge on any atom is 0.303 e. The number of hydrogen-bond acceptors (Lipinski definition) is 3. The van der Waals surface area contributed by atoms with E-state index in [1.807, 2.05) is 17.9 Å². The Morgan fingerprint density at radius 1 is 1.32 bits per heavy atom. The second-order valence-electron chi connectivity index (χ2n) is 6.35. The van der Waals surface area contributed by atoms with Crippen LogP contribution in [0.4, 0.5) is 5.69 Å². The maximum atomic E-state index is 10.9. The van der Waals surface area contributed by atoms with Crippen LogP contribution in [0.3, 0.4) is 0 Å². The van der Waals surface area contributed by atoms with E-state index in [0.717, 1.165) is 32.4 Å². The summed E-state index contributed by atoms with van der Waals surface area (Å²) in [6, 6.07) is 8.48. The zero-order valence-corrected chi connectivity index (χ0v) is 15.9. The third kappa shape index (κ3) is 5.65. The van der Waals surface area contributed by atoms with Crippen molar-refractivity contribution in [3.63, 3.8) is 0 Å². The Bertz CT molecular complexity index is 690. The van der Waals surface area contributed by atoms with Crippen LogP contribution < -0.4 is 4.90 Å². The number of aliphatic carboxylic acids is 1. The third-order valence-corrected chi connectivity index (χ3v) is 4.51. The van der Waals surface area contributed by atoms with Crippen LogP contribution in [0.15, 0.2) is 36.7 Å². The predicted molar refractivity (Wildman–Crippen MR) is 104 cm³/mol. The van der Waals surface area contributed by atoms with E-state index in [-0.39, 0.29) is 31.2 Å². The van der Waals surface area contributed by atoms with Gasteiger partial charge in [-0.2, -0.15) is 5.10 Å². The quantitative estimate of drug-likeness (QED) is 0.827. The molecule has 1 aliphatic rings. The number of hydrogen-bond donors (Lipinski definition) is 1. The minimum atomic E-state index is -0.703. The molecule has 25 heavy (non-hydrogen) atoms. The average molecular weight is 386 g/mol. The Kier molecular flexibility index (Phi) is 8.26. The maximum absolute atomic E-state index is 10.9. The summed E-state index contributed by atoms with van der Waals surface area (Å²) in [6.07, 6.45) is 6.90. The van der Waals surface area contributed by atoms with Crippen molar-refractivity contribution in [2.75, 3.05) is 18.0 Å². The lowest BCUT2D eigenvalue weighted by Gasteiger charge is -2.36. The number of aromatic nitrogens is 2. The van der Waals surface area contributed by atoms with E-state index in [0.29, 0.717) is 5.92 Å². The zero-order chi connectivity index (χ0) is 16.2. The van der Waals surface area contributed by atoms with Crippen LogP contribution >= 0.6 is 24.8 Å². The highest BCUT2D eigenvalue weighted by molar-refractivity contribution is 5.85. The molecule has 0 radical (unpaired) electrons.